The second-order valence-corrected chi connectivity index (χ2v) is 6.33. The lowest BCUT2D eigenvalue weighted by atomic mass is 10.2. The molecule has 0 radical (unpaired) electrons. The summed E-state index contributed by atoms with van der Waals surface area (Å²) in [4.78, 5) is 14.5. The van der Waals surface area contributed by atoms with Crippen LogP contribution in [0.25, 0.3) is 0 Å². The van der Waals surface area contributed by atoms with Gasteiger partial charge >= 0.3 is 0 Å². The van der Waals surface area contributed by atoms with E-state index in [1.165, 1.54) is 12.8 Å². The molecule has 1 saturated heterocycles. The molecule has 1 atom stereocenters. The van der Waals surface area contributed by atoms with Crippen LogP contribution in [0.1, 0.15) is 30.1 Å². The van der Waals surface area contributed by atoms with Gasteiger partial charge in [-0.1, -0.05) is 27.5 Å². The third-order valence-corrected chi connectivity index (χ3v) is 4.10. The van der Waals surface area contributed by atoms with Crippen molar-refractivity contribution < 1.29 is 4.79 Å². The first-order valence-electron chi connectivity index (χ1n) is 6.54. The predicted octanol–water partition coefficient (Wildman–Crippen LogP) is 3.32. The van der Waals surface area contributed by atoms with Crippen molar-refractivity contribution in [3.63, 3.8) is 0 Å². The summed E-state index contributed by atoms with van der Waals surface area (Å²) in [7, 11) is 0. The average molecular weight is 346 g/mol. The van der Waals surface area contributed by atoms with E-state index in [1.807, 2.05) is 13.0 Å². The number of halogens is 2. The topological polar surface area (TPSA) is 32.3 Å². The van der Waals surface area contributed by atoms with E-state index in [0.29, 0.717) is 10.6 Å². The van der Waals surface area contributed by atoms with Gasteiger partial charge in [0.1, 0.15) is 0 Å². The van der Waals surface area contributed by atoms with Gasteiger partial charge in [0.15, 0.2) is 0 Å². The third kappa shape index (κ3) is 4.20. The first-order valence-corrected chi connectivity index (χ1v) is 7.71. The molecule has 0 aromatic heterocycles. The van der Waals surface area contributed by atoms with Gasteiger partial charge in [-0.3, -0.25) is 4.79 Å². The van der Waals surface area contributed by atoms with Crippen LogP contribution in [0.4, 0.5) is 0 Å². The summed E-state index contributed by atoms with van der Waals surface area (Å²) in [5.41, 5.74) is 0.518. The number of hydrogen-bond acceptors (Lipinski definition) is 2. The fourth-order valence-corrected chi connectivity index (χ4v) is 2.94. The smallest absolute Gasteiger partial charge is 0.253 e. The molecule has 3 nitrogen and oxygen atoms in total. The maximum Gasteiger partial charge on any atom is 0.253 e. The van der Waals surface area contributed by atoms with Crippen molar-refractivity contribution in [2.75, 3.05) is 19.6 Å². The highest BCUT2D eigenvalue weighted by molar-refractivity contribution is 9.10. The van der Waals surface area contributed by atoms with Crippen molar-refractivity contribution in [1.29, 1.82) is 0 Å². The first kappa shape index (κ1) is 14.8. The highest BCUT2D eigenvalue weighted by Gasteiger charge is 2.17. The van der Waals surface area contributed by atoms with E-state index in [4.69, 9.17) is 11.6 Å². The number of carbonyl (C=O) groups is 1. The number of benzene rings is 1. The largest absolute Gasteiger partial charge is 0.348 e. The maximum absolute atomic E-state index is 12.2. The van der Waals surface area contributed by atoms with E-state index < -0.39 is 0 Å². The van der Waals surface area contributed by atoms with E-state index in [0.717, 1.165) is 24.1 Å². The molecule has 1 N–H and O–H groups in total. The zero-order valence-electron chi connectivity index (χ0n) is 11.0. The molecule has 2 rings (SSSR count). The van der Waals surface area contributed by atoms with E-state index in [2.05, 4.69) is 26.1 Å². The second kappa shape index (κ2) is 6.73. The van der Waals surface area contributed by atoms with E-state index >= 15 is 0 Å². The van der Waals surface area contributed by atoms with Crippen molar-refractivity contribution in [3.05, 3.63) is 33.3 Å². The van der Waals surface area contributed by atoms with Crippen molar-refractivity contribution in [3.8, 4) is 0 Å². The SMILES string of the molecule is CC(CN1CCCC1)NC(=O)c1cc(Br)ccc1Cl. The molecule has 5 heteroatoms. The number of hydrogen-bond donors (Lipinski definition) is 1. The summed E-state index contributed by atoms with van der Waals surface area (Å²) in [6, 6.07) is 5.43. The molecule has 1 heterocycles. The maximum atomic E-state index is 12.2. The van der Waals surface area contributed by atoms with Crippen molar-refractivity contribution in [2.45, 2.75) is 25.8 Å². The minimum absolute atomic E-state index is 0.113. The number of nitrogens with one attached hydrogen (secondary N) is 1. The van der Waals surface area contributed by atoms with E-state index in [1.54, 1.807) is 12.1 Å². The third-order valence-electron chi connectivity index (χ3n) is 3.28. The molecule has 1 aromatic rings. The molecule has 1 aromatic carbocycles. The van der Waals surface area contributed by atoms with Gasteiger partial charge in [0, 0.05) is 17.1 Å². The minimum atomic E-state index is -0.113. The van der Waals surface area contributed by atoms with Crippen LogP contribution in [-0.4, -0.2) is 36.5 Å². The zero-order valence-corrected chi connectivity index (χ0v) is 13.3. The molecule has 1 unspecified atom stereocenters. The Hall–Kier alpha value is -0.580. The molecule has 1 fully saturated rings. The molecule has 0 bridgehead atoms. The molecule has 1 aliphatic rings. The van der Waals surface area contributed by atoms with Gasteiger partial charge in [0.2, 0.25) is 0 Å². The van der Waals surface area contributed by atoms with E-state index in [-0.39, 0.29) is 11.9 Å². The van der Waals surface area contributed by atoms with Crippen molar-refractivity contribution in [2.24, 2.45) is 0 Å². The molecule has 0 aliphatic carbocycles. The van der Waals surface area contributed by atoms with Gasteiger partial charge in [-0.15, -0.1) is 0 Å². The molecule has 1 amide bonds. The van der Waals surface area contributed by atoms with Gasteiger partial charge in [0.25, 0.3) is 5.91 Å². The minimum Gasteiger partial charge on any atom is -0.348 e. The summed E-state index contributed by atoms with van der Waals surface area (Å²) in [5.74, 6) is -0.113. The molecule has 1 aliphatic heterocycles. The summed E-state index contributed by atoms with van der Waals surface area (Å²) >= 11 is 9.41. The van der Waals surface area contributed by atoms with Gasteiger partial charge < -0.3 is 10.2 Å². The monoisotopic (exact) mass is 344 g/mol. The number of nitrogens with zero attached hydrogens (tertiary/aromatic N) is 1. The quantitative estimate of drug-likeness (QED) is 0.908. The molecule has 0 saturated carbocycles. The lowest BCUT2D eigenvalue weighted by Gasteiger charge is -2.21. The summed E-state index contributed by atoms with van der Waals surface area (Å²) < 4.78 is 0.856. The Kier molecular flexibility index (Phi) is 5.25. The predicted molar refractivity (Wildman–Crippen MR) is 81.8 cm³/mol. The Morgan fingerprint density at radius 3 is 2.84 bits per heavy atom. The standard InChI is InChI=1S/C14H18BrClN2O/c1-10(9-18-6-2-3-7-18)17-14(19)12-8-11(15)4-5-13(12)16/h4-5,8,10H,2-3,6-7,9H2,1H3,(H,17,19). The molecule has 104 valence electrons. The first-order chi connectivity index (χ1) is 9.06. The molecular weight excluding hydrogens is 328 g/mol. The van der Waals surface area contributed by atoms with Crippen LogP contribution in [0.3, 0.4) is 0 Å². The van der Waals surface area contributed by atoms with Crippen LogP contribution >= 0.6 is 27.5 Å². The fourth-order valence-electron chi connectivity index (χ4n) is 2.37. The normalized spacial score (nSPS) is 17.4. The Labute approximate surface area is 127 Å². The van der Waals surface area contributed by atoms with E-state index in [9.17, 15) is 4.79 Å². The summed E-state index contributed by atoms with van der Waals surface area (Å²) in [6.07, 6.45) is 2.52. The van der Waals surface area contributed by atoms with Crippen LogP contribution in [-0.2, 0) is 0 Å². The molecule has 0 spiro atoms. The Morgan fingerprint density at radius 1 is 1.47 bits per heavy atom. The van der Waals surface area contributed by atoms with Crippen molar-refractivity contribution in [1.82, 2.24) is 10.2 Å². The number of likely N-dealkylation sites (tertiary alicyclic amines) is 1. The lowest BCUT2D eigenvalue weighted by molar-refractivity contribution is 0.0932. The average Bonchev–Trinajstić information content (AvgIpc) is 2.84. The summed E-state index contributed by atoms with van der Waals surface area (Å²) in [6.45, 7) is 5.20. The highest BCUT2D eigenvalue weighted by atomic mass is 79.9. The van der Waals surface area contributed by atoms with Gasteiger partial charge in [-0.2, -0.15) is 0 Å². The number of amides is 1. The summed E-state index contributed by atoms with van der Waals surface area (Å²) in [5, 5.41) is 3.49. The van der Waals surface area contributed by atoms with Crippen LogP contribution in [0.5, 0.6) is 0 Å². The molecular formula is C14H18BrClN2O. The van der Waals surface area contributed by atoms with Crippen molar-refractivity contribution >= 4 is 33.4 Å². The number of rotatable bonds is 4. The Balaban J connectivity index is 1.94. The Bertz CT molecular complexity index is 461. The van der Waals surface area contributed by atoms with Crippen LogP contribution in [0.2, 0.25) is 5.02 Å². The zero-order chi connectivity index (χ0) is 13.8. The Morgan fingerprint density at radius 2 is 2.16 bits per heavy atom. The van der Waals surface area contributed by atoms with Crippen LogP contribution < -0.4 is 5.32 Å². The van der Waals surface area contributed by atoms with Gasteiger partial charge in [0.05, 0.1) is 10.6 Å². The van der Waals surface area contributed by atoms with Gasteiger partial charge in [-0.25, -0.2) is 0 Å². The molecule has 19 heavy (non-hydrogen) atoms. The van der Waals surface area contributed by atoms with Gasteiger partial charge in [-0.05, 0) is 51.1 Å². The lowest BCUT2D eigenvalue weighted by Crippen LogP contribution is -2.41. The van der Waals surface area contributed by atoms with Crippen LogP contribution in [0, 0.1) is 0 Å². The second-order valence-electron chi connectivity index (χ2n) is 5.01. The van der Waals surface area contributed by atoms with Crippen LogP contribution in [0.15, 0.2) is 22.7 Å². The fraction of sp³-hybridized carbons (Fsp3) is 0.500. The highest BCUT2D eigenvalue weighted by Crippen LogP contribution is 2.21. The number of carbonyl (C=O) groups excluding carboxylic acids is 1.